The molecule has 0 radical (unpaired) electrons. The largest absolute Gasteiger partial charge is 0.447 e. The van der Waals surface area contributed by atoms with Crippen LogP contribution in [-0.4, -0.2) is 23.6 Å². The van der Waals surface area contributed by atoms with Crippen LogP contribution in [0.3, 0.4) is 0 Å². The van der Waals surface area contributed by atoms with Crippen LogP contribution in [0.1, 0.15) is 11.1 Å². The van der Waals surface area contributed by atoms with Crippen molar-refractivity contribution in [3.8, 4) is 0 Å². The average molecular weight is 189 g/mol. The van der Waals surface area contributed by atoms with Crippen LogP contribution in [0.15, 0.2) is 24.3 Å². The first-order chi connectivity index (χ1) is 6.84. The zero-order valence-corrected chi connectivity index (χ0v) is 7.77. The predicted octanol–water partition coefficient (Wildman–Crippen LogP) is 1.56. The Balaban J connectivity index is 1.99. The smallest absolute Gasteiger partial charge is 0.410 e. The first-order valence-electron chi connectivity index (χ1n) is 4.85. The van der Waals surface area contributed by atoms with Crippen molar-refractivity contribution in [1.82, 2.24) is 4.90 Å². The zero-order chi connectivity index (χ0) is 9.54. The minimum atomic E-state index is -0.162. The lowest BCUT2D eigenvalue weighted by Crippen LogP contribution is -2.38. The van der Waals surface area contributed by atoms with Gasteiger partial charge in [0.15, 0.2) is 0 Å². The molecule has 3 rings (SSSR count). The Hall–Kier alpha value is -1.51. The van der Waals surface area contributed by atoms with E-state index in [2.05, 4.69) is 12.1 Å². The Morgan fingerprint density at radius 1 is 1.29 bits per heavy atom. The van der Waals surface area contributed by atoms with Crippen LogP contribution in [0, 0.1) is 0 Å². The maximum atomic E-state index is 11.3. The van der Waals surface area contributed by atoms with Gasteiger partial charge in [-0.3, -0.25) is 4.90 Å². The van der Waals surface area contributed by atoms with Gasteiger partial charge in [-0.15, -0.1) is 0 Å². The molecule has 1 aromatic rings. The van der Waals surface area contributed by atoms with Gasteiger partial charge in [0.25, 0.3) is 0 Å². The number of nitrogens with zero attached hydrogens (tertiary/aromatic N) is 1. The van der Waals surface area contributed by atoms with Crippen LogP contribution in [0.4, 0.5) is 4.79 Å². The van der Waals surface area contributed by atoms with Gasteiger partial charge in [-0.05, 0) is 17.5 Å². The van der Waals surface area contributed by atoms with E-state index in [1.54, 1.807) is 0 Å². The molecule has 0 aromatic heterocycles. The Morgan fingerprint density at radius 2 is 2.07 bits per heavy atom. The van der Waals surface area contributed by atoms with E-state index in [9.17, 15) is 4.79 Å². The summed E-state index contributed by atoms with van der Waals surface area (Å²) in [5.41, 5.74) is 2.61. The van der Waals surface area contributed by atoms with Gasteiger partial charge >= 0.3 is 6.09 Å². The van der Waals surface area contributed by atoms with Gasteiger partial charge in [0.1, 0.15) is 6.61 Å². The Morgan fingerprint density at radius 3 is 2.93 bits per heavy atom. The van der Waals surface area contributed by atoms with Crippen molar-refractivity contribution in [2.24, 2.45) is 0 Å². The fraction of sp³-hybridized carbons (Fsp3) is 0.364. The molecular weight excluding hydrogens is 178 g/mol. The molecule has 1 unspecified atom stereocenters. The van der Waals surface area contributed by atoms with Gasteiger partial charge < -0.3 is 4.74 Å². The number of ether oxygens (including phenoxy) is 1. The molecule has 0 bridgehead atoms. The van der Waals surface area contributed by atoms with Gasteiger partial charge in [0.2, 0.25) is 0 Å². The van der Waals surface area contributed by atoms with E-state index < -0.39 is 0 Å². The summed E-state index contributed by atoms with van der Waals surface area (Å²) in [6.45, 7) is 1.26. The summed E-state index contributed by atoms with van der Waals surface area (Å²) < 4.78 is 5.02. The third kappa shape index (κ3) is 1.02. The van der Waals surface area contributed by atoms with Crippen molar-refractivity contribution < 1.29 is 9.53 Å². The SMILES string of the molecule is O=C1OCC2Cc3ccccc3CN12. The van der Waals surface area contributed by atoms with Crippen molar-refractivity contribution in [1.29, 1.82) is 0 Å². The molecule has 1 aromatic carbocycles. The minimum absolute atomic E-state index is 0.162. The molecule has 1 saturated heterocycles. The van der Waals surface area contributed by atoms with Gasteiger partial charge in [-0.1, -0.05) is 24.3 Å². The second kappa shape index (κ2) is 2.74. The van der Waals surface area contributed by atoms with Crippen LogP contribution >= 0.6 is 0 Å². The Bertz CT molecular complexity index is 389. The molecule has 2 aliphatic heterocycles. The predicted molar refractivity (Wildman–Crippen MR) is 50.8 cm³/mol. The fourth-order valence-corrected chi connectivity index (χ4v) is 2.20. The monoisotopic (exact) mass is 189 g/mol. The summed E-state index contributed by atoms with van der Waals surface area (Å²) in [6.07, 6.45) is 0.770. The summed E-state index contributed by atoms with van der Waals surface area (Å²) in [6, 6.07) is 8.54. The molecular formula is C11H11NO2. The number of hydrogen-bond donors (Lipinski definition) is 0. The van der Waals surface area contributed by atoms with E-state index in [1.165, 1.54) is 11.1 Å². The van der Waals surface area contributed by atoms with E-state index >= 15 is 0 Å². The number of hydrogen-bond acceptors (Lipinski definition) is 2. The molecule has 3 nitrogen and oxygen atoms in total. The first kappa shape index (κ1) is 7.85. The molecule has 2 aliphatic rings. The van der Waals surface area contributed by atoms with Crippen LogP contribution in [0.5, 0.6) is 0 Å². The number of amides is 1. The summed E-state index contributed by atoms with van der Waals surface area (Å²) in [4.78, 5) is 13.1. The van der Waals surface area contributed by atoms with Crippen molar-refractivity contribution in [3.05, 3.63) is 35.4 Å². The summed E-state index contributed by atoms with van der Waals surface area (Å²) in [7, 11) is 0. The van der Waals surface area contributed by atoms with Crippen molar-refractivity contribution in [2.45, 2.75) is 19.0 Å². The number of cyclic esters (lactones) is 1. The second-order valence-corrected chi connectivity index (χ2v) is 3.83. The molecule has 1 fully saturated rings. The molecule has 0 spiro atoms. The molecule has 1 atom stereocenters. The van der Waals surface area contributed by atoms with Crippen molar-refractivity contribution >= 4 is 6.09 Å². The Labute approximate surface area is 82.3 Å². The third-order valence-corrected chi connectivity index (χ3v) is 2.99. The summed E-state index contributed by atoms with van der Waals surface area (Å²) in [5, 5.41) is 0. The molecule has 2 heterocycles. The van der Waals surface area contributed by atoms with E-state index in [1.807, 2.05) is 17.0 Å². The number of fused-ring (bicyclic) bond motifs is 2. The van der Waals surface area contributed by atoms with Crippen LogP contribution in [0.2, 0.25) is 0 Å². The highest BCUT2D eigenvalue weighted by molar-refractivity contribution is 5.70. The van der Waals surface area contributed by atoms with E-state index in [0.717, 1.165) is 6.42 Å². The maximum Gasteiger partial charge on any atom is 0.410 e. The number of carbonyl (C=O) groups is 1. The number of rotatable bonds is 0. The van der Waals surface area contributed by atoms with Gasteiger partial charge in [-0.2, -0.15) is 0 Å². The summed E-state index contributed by atoms with van der Waals surface area (Å²) in [5.74, 6) is 0. The summed E-state index contributed by atoms with van der Waals surface area (Å²) >= 11 is 0. The lowest BCUT2D eigenvalue weighted by atomic mass is 9.95. The highest BCUT2D eigenvalue weighted by atomic mass is 16.6. The molecule has 14 heavy (non-hydrogen) atoms. The van der Waals surface area contributed by atoms with Gasteiger partial charge in [-0.25, -0.2) is 4.79 Å². The van der Waals surface area contributed by atoms with Gasteiger partial charge in [0.05, 0.1) is 6.04 Å². The zero-order valence-electron chi connectivity index (χ0n) is 7.77. The van der Waals surface area contributed by atoms with E-state index in [-0.39, 0.29) is 12.1 Å². The van der Waals surface area contributed by atoms with Crippen LogP contribution in [0.25, 0.3) is 0 Å². The molecule has 1 amide bonds. The lowest BCUT2D eigenvalue weighted by molar-refractivity contribution is 0.155. The normalized spacial score (nSPS) is 24.1. The first-order valence-corrected chi connectivity index (χ1v) is 4.85. The van der Waals surface area contributed by atoms with Crippen molar-refractivity contribution in [2.75, 3.05) is 6.61 Å². The quantitative estimate of drug-likeness (QED) is 0.620. The molecule has 0 aliphatic carbocycles. The second-order valence-electron chi connectivity index (χ2n) is 3.83. The lowest BCUT2D eigenvalue weighted by Gasteiger charge is -2.28. The molecule has 3 heteroatoms. The van der Waals surface area contributed by atoms with Crippen molar-refractivity contribution in [3.63, 3.8) is 0 Å². The topological polar surface area (TPSA) is 29.5 Å². The number of benzene rings is 1. The van der Waals surface area contributed by atoms with Crippen LogP contribution < -0.4 is 0 Å². The highest BCUT2D eigenvalue weighted by Gasteiger charge is 2.36. The average Bonchev–Trinajstić information content (AvgIpc) is 2.57. The number of carbonyl (C=O) groups excluding carboxylic acids is 1. The minimum Gasteiger partial charge on any atom is -0.447 e. The molecule has 72 valence electrons. The molecule has 0 N–H and O–H groups in total. The van der Waals surface area contributed by atoms with Crippen LogP contribution in [-0.2, 0) is 17.7 Å². The van der Waals surface area contributed by atoms with E-state index in [0.29, 0.717) is 13.2 Å². The van der Waals surface area contributed by atoms with Gasteiger partial charge in [0, 0.05) is 6.54 Å². The highest BCUT2D eigenvalue weighted by Crippen LogP contribution is 2.27. The molecule has 0 saturated carbocycles. The van der Waals surface area contributed by atoms with E-state index in [4.69, 9.17) is 4.74 Å². The standard InChI is InChI=1S/C11H11NO2/c13-11-12-6-9-4-2-1-3-8(9)5-10(12)7-14-11/h1-4,10H,5-7H2. The fourth-order valence-electron chi connectivity index (χ4n) is 2.20. The Kier molecular flexibility index (Phi) is 1.54. The third-order valence-electron chi connectivity index (χ3n) is 2.99. The maximum absolute atomic E-state index is 11.3.